The highest BCUT2D eigenvalue weighted by atomic mass is 32.2. The quantitative estimate of drug-likeness (QED) is 0.191. The van der Waals surface area contributed by atoms with Crippen molar-refractivity contribution >= 4 is 17.7 Å². The van der Waals surface area contributed by atoms with Gasteiger partial charge in [-0.2, -0.15) is 11.8 Å². The number of methoxy groups -OCH3 is 1. The van der Waals surface area contributed by atoms with Crippen LogP contribution in [-0.2, 0) is 22.5 Å². The standard InChI is InChI=1S/C22H39N3O2S/c1-4-5-6-7-8-9-10-11-12-21-19-25(24-23-21)16-13-20(2)14-17-28-18-15-22(26)27-3/h14,19H,4-13,15-18H2,1-3H3/b20-14+. The largest absolute Gasteiger partial charge is 0.469 e. The molecule has 0 aliphatic carbocycles. The molecule has 0 aromatic carbocycles. The third-order valence-electron chi connectivity index (χ3n) is 4.84. The molecule has 1 rings (SSSR count). The number of allylic oxidation sites excluding steroid dienone is 1. The highest BCUT2D eigenvalue weighted by Gasteiger charge is 2.02. The van der Waals surface area contributed by atoms with Crippen LogP contribution in [0.3, 0.4) is 0 Å². The second-order valence-corrected chi connectivity index (χ2v) is 8.55. The van der Waals surface area contributed by atoms with E-state index in [0.29, 0.717) is 6.42 Å². The Morgan fingerprint density at radius 2 is 1.86 bits per heavy atom. The molecule has 1 aromatic rings. The van der Waals surface area contributed by atoms with Crippen molar-refractivity contribution in [2.75, 3.05) is 18.6 Å². The zero-order chi connectivity index (χ0) is 20.5. The molecule has 0 radical (unpaired) electrons. The molecule has 0 bridgehead atoms. The Morgan fingerprint density at radius 1 is 1.14 bits per heavy atom. The third kappa shape index (κ3) is 13.0. The van der Waals surface area contributed by atoms with Gasteiger partial charge in [0, 0.05) is 24.2 Å². The second kappa shape index (κ2) is 16.6. The van der Waals surface area contributed by atoms with Crippen molar-refractivity contribution in [3.8, 4) is 0 Å². The van der Waals surface area contributed by atoms with Gasteiger partial charge in [0.15, 0.2) is 0 Å². The average Bonchev–Trinajstić information content (AvgIpc) is 3.15. The van der Waals surface area contributed by atoms with E-state index in [4.69, 9.17) is 0 Å². The Labute approximate surface area is 175 Å². The SMILES string of the molecule is CCCCCCCCCCc1cn(CC/C(C)=C/CSCCC(=O)OC)nn1. The minimum atomic E-state index is -0.137. The predicted molar refractivity (Wildman–Crippen MR) is 119 cm³/mol. The summed E-state index contributed by atoms with van der Waals surface area (Å²) in [6, 6.07) is 0. The summed E-state index contributed by atoms with van der Waals surface area (Å²) in [5.74, 6) is 1.60. The van der Waals surface area contributed by atoms with E-state index < -0.39 is 0 Å². The lowest BCUT2D eigenvalue weighted by molar-refractivity contribution is -0.140. The van der Waals surface area contributed by atoms with Crippen LogP contribution in [-0.4, -0.2) is 39.6 Å². The fourth-order valence-corrected chi connectivity index (χ4v) is 3.82. The molecule has 0 unspecified atom stereocenters. The van der Waals surface area contributed by atoms with Gasteiger partial charge in [-0.05, 0) is 26.2 Å². The summed E-state index contributed by atoms with van der Waals surface area (Å²) in [6.45, 7) is 5.29. The monoisotopic (exact) mass is 409 g/mol. The summed E-state index contributed by atoms with van der Waals surface area (Å²) < 4.78 is 6.60. The Morgan fingerprint density at radius 3 is 2.57 bits per heavy atom. The number of ether oxygens (including phenoxy) is 1. The molecule has 0 aliphatic heterocycles. The van der Waals surface area contributed by atoms with Gasteiger partial charge in [-0.1, -0.05) is 68.7 Å². The summed E-state index contributed by atoms with van der Waals surface area (Å²) in [6.07, 6.45) is 17.6. The molecular weight excluding hydrogens is 370 g/mol. The first-order chi connectivity index (χ1) is 13.7. The number of nitrogens with zero attached hydrogens (tertiary/aromatic N) is 3. The van der Waals surface area contributed by atoms with Crippen molar-refractivity contribution in [1.29, 1.82) is 0 Å². The number of thioether (sulfide) groups is 1. The third-order valence-corrected chi connectivity index (χ3v) is 5.73. The van der Waals surface area contributed by atoms with E-state index in [9.17, 15) is 4.79 Å². The van der Waals surface area contributed by atoms with Gasteiger partial charge in [0.05, 0.1) is 19.2 Å². The zero-order valence-corrected chi connectivity index (χ0v) is 18.9. The number of esters is 1. The van der Waals surface area contributed by atoms with Crippen molar-refractivity contribution in [3.05, 3.63) is 23.5 Å². The second-order valence-electron chi connectivity index (χ2n) is 7.40. The van der Waals surface area contributed by atoms with Crippen LogP contribution < -0.4 is 0 Å². The fourth-order valence-electron chi connectivity index (χ4n) is 2.94. The van der Waals surface area contributed by atoms with Crippen LogP contribution >= 0.6 is 11.8 Å². The Balaban J connectivity index is 2.09. The van der Waals surface area contributed by atoms with Crippen molar-refractivity contribution in [1.82, 2.24) is 15.0 Å². The fraction of sp³-hybridized carbons (Fsp3) is 0.773. The number of rotatable bonds is 17. The molecule has 0 spiro atoms. The molecule has 0 amide bonds. The van der Waals surface area contributed by atoms with Gasteiger partial charge in [-0.15, -0.1) is 5.10 Å². The van der Waals surface area contributed by atoms with Crippen molar-refractivity contribution in [3.63, 3.8) is 0 Å². The molecule has 160 valence electrons. The zero-order valence-electron chi connectivity index (χ0n) is 18.1. The molecule has 0 fully saturated rings. The minimum absolute atomic E-state index is 0.137. The molecule has 0 atom stereocenters. The maximum absolute atomic E-state index is 11.1. The van der Waals surface area contributed by atoms with Crippen molar-refractivity contribution in [2.45, 2.75) is 91.0 Å². The number of hydrogen-bond acceptors (Lipinski definition) is 5. The van der Waals surface area contributed by atoms with Crippen molar-refractivity contribution < 1.29 is 9.53 Å². The van der Waals surface area contributed by atoms with Crippen LogP contribution in [0.4, 0.5) is 0 Å². The summed E-state index contributed by atoms with van der Waals surface area (Å²) in [4.78, 5) is 11.1. The molecule has 1 heterocycles. The molecule has 1 aromatic heterocycles. The molecule has 0 saturated carbocycles. The summed E-state index contributed by atoms with van der Waals surface area (Å²) in [5.41, 5.74) is 2.47. The van der Waals surface area contributed by atoms with Gasteiger partial charge in [0.2, 0.25) is 0 Å². The molecule has 0 aliphatic rings. The van der Waals surface area contributed by atoms with Crippen LogP contribution in [0.25, 0.3) is 0 Å². The first-order valence-electron chi connectivity index (χ1n) is 10.8. The van der Waals surface area contributed by atoms with Crippen LogP contribution in [0.5, 0.6) is 0 Å². The molecule has 6 heteroatoms. The van der Waals surface area contributed by atoms with Crippen LogP contribution in [0.15, 0.2) is 17.8 Å². The molecule has 0 saturated heterocycles. The van der Waals surface area contributed by atoms with Gasteiger partial charge < -0.3 is 4.74 Å². The lowest BCUT2D eigenvalue weighted by Gasteiger charge is -2.02. The summed E-state index contributed by atoms with van der Waals surface area (Å²) in [5, 5.41) is 8.57. The highest BCUT2D eigenvalue weighted by molar-refractivity contribution is 7.99. The highest BCUT2D eigenvalue weighted by Crippen LogP contribution is 2.11. The van der Waals surface area contributed by atoms with E-state index in [2.05, 4.69) is 41.2 Å². The number of hydrogen-bond donors (Lipinski definition) is 0. The van der Waals surface area contributed by atoms with Crippen LogP contribution in [0.2, 0.25) is 0 Å². The lowest BCUT2D eigenvalue weighted by Crippen LogP contribution is -2.01. The van der Waals surface area contributed by atoms with Crippen LogP contribution in [0, 0.1) is 0 Å². The first kappa shape index (κ1) is 24.7. The summed E-state index contributed by atoms with van der Waals surface area (Å²) in [7, 11) is 1.43. The van der Waals surface area contributed by atoms with E-state index in [1.165, 1.54) is 64.0 Å². The van der Waals surface area contributed by atoms with E-state index in [1.807, 2.05) is 4.68 Å². The normalized spacial score (nSPS) is 11.8. The van der Waals surface area contributed by atoms with Gasteiger partial charge in [0.25, 0.3) is 0 Å². The van der Waals surface area contributed by atoms with Gasteiger partial charge in [-0.3, -0.25) is 9.48 Å². The van der Waals surface area contributed by atoms with Gasteiger partial charge >= 0.3 is 5.97 Å². The molecule has 5 nitrogen and oxygen atoms in total. The first-order valence-corrected chi connectivity index (χ1v) is 12.0. The van der Waals surface area contributed by atoms with E-state index in [0.717, 1.165) is 36.6 Å². The maximum atomic E-state index is 11.1. The lowest BCUT2D eigenvalue weighted by atomic mass is 10.1. The van der Waals surface area contributed by atoms with Crippen LogP contribution in [0.1, 0.15) is 83.7 Å². The predicted octanol–water partition coefficient (Wildman–Crippen LogP) is 5.59. The number of aryl methyl sites for hydroxylation is 2. The summed E-state index contributed by atoms with van der Waals surface area (Å²) >= 11 is 1.76. The van der Waals surface area contributed by atoms with E-state index in [-0.39, 0.29) is 5.97 Å². The van der Waals surface area contributed by atoms with Gasteiger partial charge in [0.1, 0.15) is 0 Å². The molecule has 28 heavy (non-hydrogen) atoms. The maximum Gasteiger partial charge on any atom is 0.306 e. The van der Waals surface area contributed by atoms with E-state index in [1.54, 1.807) is 11.8 Å². The Hall–Kier alpha value is -1.30. The van der Waals surface area contributed by atoms with Crippen molar-refractivity contribution in [2.24, 2.45) is 0 Å². The molecule has 0 N–H and O–H groups in total. The average molecular weight is 410 g/mol. The Kier molecular flexibility index (Phi) is 14.7. The molecular formula is C22H39N3O2S. The number of unbranched alkanes of at least 4 members (excludes halogenated alkanes) is 7. The smallest absolute Gasteiger partial charge is 0.306 e. The number of carbonyl (C=O) groups excluding carboxylic acids is 1. The number of carbonyl (C=O) groups is 1. The minimum Gasteiger partial charge on any atom is -0.469 e. The number of aromatic nitrogens is 3. The van der Waals surface area contributed by atoms with E-state index >= 15 is 0 Å². The Bertz CT molecular complexity index is 558. The van der Waals surface area contributed by atoms with Gasteiger partial charge in [-0.25, -0.2) is 0 Å². The topological polar surface area (TPSA) is 57.0 Å².